The number of nitrogens with one attached hydrogen (secondary N) is 1. The Hall–Kier alpha value is -3.42. The van der Waals surface area contributed by atoms with E-state index >= 15 is 0 Å². The van der Waals surface area contributed by atoms with Crippen molar-refractivity contribution >= 4 is 28.8 Å². The summed E-state index contributed by atoms with van der Waals surface area (Å²) >= 11 is 0. The number of carbonyl (C=O) groups excluding carboxylic acids is 3. The molecule has 206 valence electrons. The van der Waals surface area contributed by atoms with Crippen LogP contribution in [0.3, 0.4) is 0 Å². The fourth-order valence-electron chi connectivity index (χ4n) is 6.94. The minimum absolute atomic E-state index is 0.153. The number of imide groups is 1. The lowest BCUT2D eigenvalue weighted by atomic mass is 9.79. The smallest absolute Gasteiger partial charge is 0.329 e. The summed E-state index contributed by atoms with van der Waals surface area (Å²) in [5, 5.41) is 2.33. The van der Waals surface area contributed by atoms with Gasteiger partial charge in [0.05, 0.1) is 17.6 Å². The number of likely N-dealkylation sites (tertiary alicyclic amines) is 2. The Morgan fingerprint density at radius 1 is 1.08 bits per heavy atom. The molecule has 1 unspecified atom stereocenters. The van der Waals surface area contributed by atoms with Crippen molar-refractivity contribution in [2.45, 2.75) is 57.0 Å². The Balaban J connectivity index is 1.06. The summed E-state index contributed by atoms with van der Waals surface area (Å²) in [6, 6.07) is 5.13. The van der Waals surface area contributed by atoms with E-state index in [1.165, 1.54) is 9.13 Å². The average Bonchev–Trinajstić information content (AvgIpc) is 3.44. The third-order valence-electron chi connectivity index (χ3n) is 9.14. The maximum atomic E-state index is 13.0. The Morgan fingerprint density at radius 2 is 1.85 bits per heavy atom. The number of imidazole rings is 1. The van der Waals surface area contributed by atoms with Gasteiger partial charge in [-0.1, -0.05) is 11.8 Å². The van der Waals surface area contributed by atoms with Crippen molar-refractivity contribution in [1.82, 2.24) is 24.3 Å². The summed E-state index contributed by atoms with van der Waals surface area (Å²) in [6.45, 7) is 4.29. The number of fused-ring (bicyclic) bond motifs is 1. The molecule has 4 aliphatic rings. The Bertz CT molecular complexity index is 1450. The molecule has 39 heavy (non-hydrogen) atoms. The molecule has 3 saturated heterocycles. The zero-order valence-corrected chi connectivity index (χ0v) is 22.4. The van der Waals surface area contributed by atoms with Crippen LogP contribution >= 0.6 is 0 Å². The number of aromatic nitrogens is 2. The van der Waals surface area contributed by atoms with E-state index in [1.54, 1.807) is 7.05 Å². The lowest BCUT2D eigenvalue weighted by molar-refractivity contribution is -0.137. The second kappa shape index (κ2) is 9.96. The summed E-state index contributed by atoms with van der Waals surface area (Å²) in [6.07, 6.45) is 5.34. The summed E-state index contributed by atoms with van der Waals surface area (Å²) in [4.78, 5) is 54.3. The molecule has 3 amide bonds. The highest BCUT2D eigenvalue weighted by molar-refractivity contribution is 6.00. The van der Waals surface area contributed by atoms with Crippen LogP contribution in [0.4, 0.5) is 0 Å². The van der Waals surface area contributed by atoms with Gasteiger partial charge in [0.2, 0.25) is 17.7 Å². The minimum atomic E-state index is -0.697. The number of carbonyl (C=O) groups is 3. The topological polar surface area (TPSA) is 123 Å². The van der Waals surface area contributed by atoms with Gasteiger partial charge in [-0.3, -0.25) is 33.7 Å². The van der Waals surface area contributed by atoms with Crippen LogP contribution in [-0.2, 0) is 21.4 Å². The molecule has 4 heterocycles. The van der Waals surface area contributed by atoms with Crippen molar-refractivity contribution in [3.63, 3.8) is 0 Å². The first-order valence-electron chi connectivity index (χ1n) is 14.0. The van der Waals surface area contributed by atoms with Crippen molar-refractivity contribution in [3.05, 3.63) is 34.2 Å². The molecular formula is C29H36N6O4. The molecule has 10 heteroatoms. The predicted octanol–water partition coefficient (Wildman–Crippen LogP) is 0.721. The molecule has 1 aliphatic carbocycles. The van der Waals surface area contributed by atoms with Crippen LogP contribution in [0, 0.1) is 23.2 Å². The number of piperidine rings is 1. The molecular weight excluding hydrogens is 496 g/mol. The molecule has 1 saturated carbocycles. The predicted molar refractivity (Wildman–Crippen MR) is 145 cm³/mol. The highest BCUT2D eigenvalue weighted by Crippen LogP contribution is 2.40. The molecule has 3 aliphatic heterocycles. The number of aryl methyl sites for hydroxylation is 1. The number of hydrogen-bond donors (Lipinski definition) is 2. The fraction of sp³-hybridized carbons (Fsp3) is 0.586. The van der Waals surface area contributed by atoms with Crippen molar-refractivity contribution in [2.24, 2.45) is 24.1 Å². The van der Waals surface area contributed by atoms with Crippen LogP contribution in [0.25, 0.3) is 11.0 Å². The van der Waals surface area contributed by atoms with E-state index in [-0.39, 0.29) is 35.4 Å². The third-order valence-corrected chi connectivity index (χ3v) is 9.14. The van der Waals surface area contributed by atoms with Gasteiger partial charge in [0, 0.05) is 62.6 Å². The molecule has 0 radical (unpaired) electrons. The number of amides is 3. The highest BCUT2D eigenvalue weighted by Gasteiger charge is 2.49. The number of nitrogens with zero attached hydrogens (tertiary/aromatic N) is 4. The third kappa shape index (κ3) is 4.79. The molecule has 3 N–H and O–H groups in total. The van der Waals surface area contributed by atoms with E-state index in [1.807, 2.05) is 18.2 Å². The van der Waals surface area contributed by atoms with Crippen molar-refractivity contribution in [2.75, 3.05) is 32.7 Å². The Labute approximate surface area is 227 Å². The van der Waals surface area contributed by atoms with Gasteiger partial charge in [0.25, 0.3) is 0 Å². The maximum Gasteiger partial charge on any atom is 0.329 e. The standard InChI is InChI=1S/C29H36N6O4/c1-32-24-15-19(4-9-22(24)35(28(32)39)23-10-11-25(36)31-26(23)37)3-2-13-33-16-29(17-33)12-14-34(18-29)27(38)20-5-7-21(30)8-6-20/h4,9,15,20-21,23H,5-8,10-14,16-18,30H2,1H3,(H,31,36,37). The molecule has 1 aromatic heterocycles. The highest BCUT2D eigenvalue weighted by atomic mass is 16.2. The minimum Gasteiger partial charge on any atom is -0.342 e. The van der Waals surface area contributed by atoms with Gasteiger partial charge < -0.3 is 10.6 Å². The van der Waals surface area contributed by atoms with E-state index in [9.17, 15) is 19.2 Å². The summed E-state index contributed by atoms with van der Waals surface area (Å²) in [5.74, 6) is 6.23. The molecule has 1 atom stereocenters. The van der Waals surface area contributed by atoms with Gasteiger partial charge in [-0.15, -0.1) is 0 Å². The van der Waals surface area contributed by atoms with Crippen LogP contribution in [-0.4, -0.2) is 75.4 Å². The lowest BCUT2D eigenvalue weighted by Crippen LogP contribution is -2.57. The molecule has 0 bridgehead atoms. The van der Waals surface area contributed by atoms with Gasteiger partial charge in [-0.05, 0) is 56.7 Å². The summed E-state index contributed by atoms with van der Waals surface area (Å²) in [7, 11) is 1.68. The molecule has 2 aromatic rings. The van der Waals surface area contributed by atoms with Crippen LogP contribution < -0.4 is 16.7 Å². The zero-order chi connectivity index (χ0) is 27.3. The van der Waals surface area contributed by atoms with Crippen LogP contribution in [0.2, 0.25) is 0 Å². The molecule has 6 rings (SSSR count). The van der Waals surface area contributed by atoms with Crippen molar-refractivity contribution in [3.8, 4) is 11.8 Å². The number of nitrogens with two attached hydrogens (primary N) is 1. The first kappa shape index (κ1) is 25.8. The van der Waals surface area contributed by atoms with Gasteiger partial charge in [0.15, 0.2) is 0 Å². The monoisotopic (exact) mass is 532 g/mol. The van der Waals surface area contributed by atoms with Crippen molar-refractivity contribution in [1.29, 1.82) is 0 Å². The molecule has 4 fully saturated rings. The molecule has 10 nitrogen and oxygen atoms in total. The zero-order valence-electron chi connectivity index (χ0n) is 22.4. The number of rotatable bonds is 3. The van der Waals surface area contributed by atoms with E-state index in [0.29, 0.717) is 29.9 Å². The van der Waals surface area contributed by atoms with Crippen LogP contribution in [0.1, 0.15) is 56.6 Å². The average molecular weight is 533 g/mol. The fourth-order valence-corrected chi connectivity index (χ4v) is 6.94. The second-order valence-electron chi connectivity index (χ2n) is 12.0. The Morgan fingerprint density at radius 3 is 2.59 bits per heavy atom. The normalized spacial score (nSPS) is 26.8. The van der Waals surface area contributed by atoms with E-state index in [4.69, 9.17) is 5.73 Å². The Kier molecular flexibility index (Phi) is 6.60. The number of benzene rings is 1. The molecule has 1 aromatic carbocycles. The second-order valence-corrected chi connectivity index (χ2v) is 12.0. The van der Waals surface area contributed by atoms with E-state index in [2.05, 4.69) is 27.0 Å². The summed E-state index contributed by atoms with van der Waals surface area (Å²) < 4.78 is 3.00. The SMILES string of the molecule is Cn1c(=O)n(C2CCC(=O)NC2=O)c2ccc(C#CCN3CC4(CCN(C(=O)C5CCC(N)CC5)C4)C3)cc21. The van der Waals surface area contributed by atoms with Crippen LogP contribution in [0.5, 0.6) is 0 Å². The largest absolute Gasteiger partial charge is 0.342 e. The first-order valence-corrected chi connectivity index (χ1v) is 14.0. The van der Waals surface area contributed by atoms with Gasteiger partial charge >= 0.3 is 5.69 Å². The van der Waals surface area contributed by atoms with Crippen molar-refractivity contribution < 1.29 is 14.4 Å². The summed E-state index contributed by atoms with van der Waals surface area (Å²) in [5.41, 5.74) is 8.10. The quantitative estimate of drug-likeness (QED) is 0.444. The van der Waals surface area contributed by atoms with E-state index < -0.39 is 11.9 Å². The maximum absolute atomic E-state index is 13.0. The number of hydrogen-bond acceptors (Lipinski definition) is 6. The van der Waals surface area contributed by atoms with Gasteiger partial charge in [-0.25, -0.2) is 4.79 Å². The van der Waals surface area contributed by atoms with E-state index in [0.717, 1.165) is 63.8 Å². The van der Waals surface area contributed by atoms with Gasteiger partial charge in [-0.2, -0.15) is 0 Å². The van der Waals surface area contributed by atoms with Crippen LogP contribution in [0.15, 0.2) is 23.0 Å². The lowest BCUT2D eigenvalue weighted by Gasteiger charge is -2.47. The first-order chi connectivity index (χ1) is 18.7. The molecule has 1 spiro atoms. The van der Waals surface area contributed by atoms with Gasteiger partial charge in [0.1, 0.15) is 6.04 Å².